The minimum Gasteiger partial charge on any atom is -0.457 e. The Bertz CT molecular complexity index is 1290. The van der Waals surface area contributed by atoms with Crippen molar-refractivity contribution in [3.8, 4) is 17.4 Å². The number of aromatic nitrogens is 2. The number of halogens is 1. The van der Waals surface area contributed by atoms with E-state index in [4.69, 9.17) is 4.42 Å². The Labute approximate surface area is 178 Å². The molecule has 0 fully saturated rings. The number of para-hydroxylation sites is 2. The highest BCUT2D eigenvalue weighted by molar-refractivity contribution is 5.89. The number of hydrogen-bond acceptors (Lipinski definition) is 5. The van der Waals surface area contributed by atoms with Gasteiger partial charge in [0, 0.05) is 23.3 Å². The smallest absolute Gasteiger partial charge is 0.272 e. The van der Waals surface area contributed by atoms with Crippen LogP contribution in [0.2, 0.25) is 0 Å². The summed E-state index contributed by atoms with van der Waals surface area (Å²) in [6.45, 7) is 3.54. The Balaban J connectivity index is 0.00000256. The molecule has 0 saturated carbocycles. The standard InChI is InChI=1S/C22H16N4O3.ClH/c1-13-14(2)20(26(27)28)9-8-17(13)21-10-7-16(29-21)11-15(12-23)22-24-18-5-3-4-6-19(18)25-22;/h3-11H,1-2H3,(H,24,25);1H/b15-11+;. The fourth-order valence-corrected chi connectivity index (χ4v) is 3.22. The second-order valence-corrected chi connectivity index (χ2v) is 6.61. The predicted octanol–water partition coefficient (Wildman–Crippen LogP) is 5.83. The molecule has 150 valence electrons. The number of nitriles is 1. The van der Waals surface area contributed by atoms with Crippen molar-refractivity contribution in [2.75, 3.05) is 0 Å². The third kappa shape index (κ3) is 3.69. The van der Waals surface area contributed by atoms with Gasteiger partial charge in [0.1, 0.15) is 23.4 Å². The number of furan rings is 1. The quantitative estimate of drug-likeness (QED) is 0.253. The second kappa shape index (κ2) is 8.23. The number of allylic oxidation sites excluding steroid dienone is 1. The summed E-state index contributed by atoms with van der Waals surface area (Å²) in [5, 5.41) is 20.7. The van der Waals surface area contributed by atoms with Gasteiger partial charge in [-0.15, -0.1) is 12.4 Å². The number of imidazole rings is 1. The molecule has 0 aliphatic heterocycles. The first-order valence-electron chi connectivity index (χ1n) is 8.89. The number of rotatable bonds is 4. The lowest BCUT2D eigenvalue weighted by atomic mass is 10.00. The number of nitro groups is 1. The number of nitrogens with zero attached hydrogens (tertiary/aromatic N) is 3. The molecule has 4 aromatic rings. The van der Waals surface area contributed by atoms with E-state index in [0.717, 1.165) is 22.2 Å². The third-order valence-electron chi connectivity index (χ3n) is 4.90. The molecular formula is C22H17ClN4O3. The van der Waals surface area contributed by atoms with Gasteiger partial charge in [0.15, 0.2) is 0 Å². The number of H-pyrrole nitrogens is 1. The van der Waals surface area contributed by atoms with Gasteiger partial charge in [-0.1, -0.05) is 12.1 Å². The van der Waals surface area contributed by atoms with Gasteiger partial charge in [0.25, 0.3) is 5.69 Å². The Morgan fingerprint density at radius 1 is 1.17 bits per heavy atom. The first-order chi connectivity index (χ1) is 14.0. The Morgan fingerprint density at radius 3 is 2.63 bits per heavy atom. The minimum absolute atomic E-state index is 0. The van der Waals surface area contributed by atoms with Crippen LogP contribution in [0.5, 0.6) is 0 Å². The number of benzene rings is 2. The monoisotopic (exact) mass is 420 g/mol. The Morgan fingerprint density at radius 2 is 1.93 bits per heavy atom. The van der Waals surface area contributed by atoms with Crippen molar-refractivity contribution in [3.63, 3.8) is 0 Å². The van der Waals surface area contributed by atoms with Gasteiger partial charge in [-0.25, -0.2) is 4.98 Å². The molecule has 0 saturated heterocycles. The van der Waals surface area contributed by atoms with Gasteiger partial charge in [0.2, 0.25) is 0 Å². The number of nitrogens with one attached hydrogen (secondary N) is 1. The van der Waals surface area contributed by atoms with Crippen molar-refractivity contribution in [1.29, 1.82) is 5.26 Å². The Kier molecular flexibility index (Phi) is 5.72. The van der Waals surface area contributed by atoms with Crippen LogP contribution in [0, 0.1) is 35.3 Å². The maximum absolute atomic E-state index is 11.1. The summed E-state index contributed by atoms with van der Waals surface area (Å²) in [5.41, 5.74) is 4.20. The highest BCUT2D eigenvalue weighted by atomic mass is 35.5. The van der Waals surface area contributed by atoms with Crippen LogP contribution in [-0.2, 0) is 0 Å². The molecule has 2 aromatic heterocycles. The van der Waals surface area contributed by atoms with Gasteiger partial charge in [0.05, 0.1) is 21.5 Å². The van der Waals surface area contributed by atoms with Gasteiger partial charge < -0.3 is 9.40 Å². The molecule has 0 radical (unpaired) electrons. The van der Waals surface area contributed by atoms with E-state index in [1.54, 1.807) is 31.2 Å². The molecule has 0 amide bonds. The van der Waals surface area contributed by atoms with E-state index in [0.29, 0.717) is 28.5 Å². The van der Waals surface area contributed by atoms with Crippen LogP contribution in [0.4, 0.5) is 5.69 Å². The zero-order valence-corrected chi connectivity index (χ0v) is 17.0. The third-order valence-corrected chi connectivity index (χ3v) is 4.90. The fourth-order valence-electron chi connectivity index (χ4n) is 3.22. The first-order valence-corrected chi connectivity index (χ1v) is 8.89. The molecule has 7 nitrogen and oxygen atoms in total. The summed E-state index contributed by atoms with van der Waals surface area (Å²) in [6.07, 6.45) is 1.62. The lowest BCUT2D eigenvalue weighted by Gasteiger charge is -2.06. The fraction of sp³-hybridized carbons (Fsp3) is 0.0909. The van der Waals surface area contributed by atoms with Gasteiger partial charge in [-0.3, -0.25) is 10.1 Å². The van der Waals surface area contributed by atoms with Crippen LogP contribution >= 0.6 is 12.4 Å². The lowest BCUT2D eigenvalue weighted by Crippen LogP contribution is -1.95. The molecule has 0 aliphatic carbocycles. The van der Waals surface area contributed by atoms with E-state index in [1.807, 2.05) is 31.2 Å². The van der Waals surface area contributed by atoms with Crippen molar-refractivity contribution in [2.45, 2.75) is 13.8 Å². The van der Waals surface area contributed by atoms with E-state index in [9.17, 15) is 15.4 Å². The molecule has 2 aromatic carbocycles. The van der Waals surface area contributed by atoms with Crippen LogP contribution in [0.15, 0.2) is 52.9 Å². The van der Waals surface area contributed by atoms with Gasteiger partial charge in [-0.2, -0.15) is 5.26 Å². The molecule has 0 spiro atoms. The zero-order chi connectivity index (χ0) is 20.5. The van der Waals surface area contributed by atoms with E-state index in [1.165, 1.54) is 6.07 Å². The van der Waals surface area contributed by atoms with Crippen molar-refractivity contribution in [2.24, 2.45) is 0 Å². The summed E-state index contributed by atoms with van der Waals surface area (Å²) in [5.74, 6) is 1.54. The van der Waals surface area contributed by atoms with Crippen LogP contribution in [0.1, 0.15) is 22.7 Å². The average molecular weight is 421 g/mol. The van der Waals surface area contributed by atoms with Crippen LogP contribution in [0.25, 0.3) is 34.0 Å². The normalized spacial score (nSPS) is 11.2. The largest absolute Gasteiger partial charge is 0.457 e. The van der Waals surface area contributed by atoms with Gasteiger partial charge in [-0.05, 0) is 49.7 Å². The van der Waals surface area contributed by atoms with E-state index in [2.05, 4.69) is 16.0 Å². The number of aromatic amines is 1. The topological polar surface area (TPSA) is 109 Å². The second-order valence-electron chi connectivity index (χ2n) is 6.61. The van der Waals surface area contributed by atoms with Crippen molar-refractivity contribution >= 4 is 40.8 Å². The van der Waals surface area contributed by atoms with Crippen molar-refractivity contribution < 1.29 is 9.34 Å². The zero-order valence-electron chi connectivity index (χ0n) is 16.2. The van der Waals surface area contributed by atoms with E-state index in [-0.39, 0.29) is 18.1 Å². The average Bonchev–Trinajstić information content (AvgIpc) is 3.34. The van der Waals surface area contributed by atoms with Crippen LogP contribution in [0.3, 0.4) is 0 Å². The number of fused-ring (bicyclic) bond motifs is 1. The SMILES string of the molecule is Cc1c(-c2ccc(/C=C(\C#N)c3nc4ccccc4[nH]3)o2)ccc([N+](=O)[O-])c1C.Cl. The summed E-state index contributed by atoms with van der Waals surface area (Å²) in [4.78, 5) is 18.3. The van der Waals surface area contributed by atoms with Crippen molar-refractivity contribution in [3.05, 3.63) is 81.4 Å². The van der Waals surface area contributed by atoms with Crippen molar-refractivity contribution in [1.82, 2.24) is 9.97 Å². The molecule has 2 heterocycles. The maximum Gasteiger partial charge on any atom is 0.272 e. The Hall–Kier alpha value is -3.89. The van der Waals surface area contributed by atoms with Crippen LogP contribution < -0.4 is 0 Å². The molecular weight excluding hydrogens is 404 g/mol. The summed E-state index contributed by atoms with van der Waals surface area (Å²) in [6, 6.07) is 16.4. The summed E-state index contributed by atoms with van der Waals surface area (Å²) >= 11 is 0. The molecule has 0 aliphatic rings. The van der Waals surface area contributed by atoms with E-state index >= 15 is 0 Å². The number of hydrogen-bond donors (Lipinski definition) is 1. The van der Waals surface area contributed by atoms with E-state index < -0.39 is 4.92 Å². The molecule has 0 unspecified atom stereocenters. The first kappa shape index (κ1) is 20.8. The number of nitro benzene ring substituents is 1. The molecule has 0 bridgehead atoms. The highest BCUT2D eigenvalue weighted by Gasteiger charge is 2.17. The molecule has 30 heavy (non-hydrogen) atoms. The summed E-state index contributed by atoms with van der Waals surface area (Å²) < 4.78 is 5.89. The highest BCUT2D eigenvalue weighted by Crippen LogP contribution is 2.32. The molecule has 0 atom stereocenters. The minimum atomic E-state index is -0.394. The summed E-state index contributed by atoms with van der Waals surface area (Å²) in [7, 11) is 0. The predicted molar refractivity (Wildman–Crippen MR) is 117 cm³/mol. The van der Waals surface area contributed by atoms with Gasteiger partial charge >= 0.3 is 0 Å². The molecule has 8 heteroatoms. The maximum atomic E-state index is 11.1. The lowest BCUT2D eigenvalue weighted by molar-refractivity contribution is -0.385. The molecule has 1 N–H and O–H groups in total. The van der Waals surface area contributed by atoms with Crippen LogP contribution in [-0.4, -0.2) is 14.9 Å². The molecule has 4 rings (SSSR count).